The lowest BCUT2D eigenvalue weighted by molar-refractivity contribution is 0.0600. The van der Waals surface area contributed by atoms with Crippen molar-refractivity contribution in [3.8, 4) is 5.69 Å². The summed E-state index contributed by atoms with van der Waals surface area (Å²) in [5.74, 6) is -0.420. The molecule has 0 aliphatic rings. The van der Waals surface area contributed by atoms with Gasteiger partial charge in [-0.15, -0.1) is 5.10 Å². The molecule has 0 radical (unpaired) electrons. The van der Waals surface area contributed by atoms with Gasteiger partial charge in [0.15, 0.2) is 0 Å². The fraction of sp³-hybridized carbons (Fsp3) is 0.200. The maximum Gasteiger partial charge on any atom is 0.340 e. The summed E-state index contributed by atoms with van der Waals surface area (Å²) < 4.78 is 6.20. The summed E-state index contributed by atoms with van der Waals surface area (Å²) in [5.41, 5.74) is 1.70. The molecule has 0 bridgehead atoms. The molecule has 2 heterocycles. The lowest BCUT2D eigenvalue weighted by Gasteiger charge is -2.08. The van der Waals surface area contributed by atoms with Gasteiger partial charge in [0.05, 0.1) is 30.8 Å². The van der Waals surface area contributed by atoms with Gasteiger partial charge < -0.3 is 4.74 Å². The molecular weight excluding hydrogens is 208 g/mol. The number of aromatic nitrogens is 4. The van der Waals surface area contributed by atoms with Crippen LogP contribution < -0.4 is 0 Å². The number of nitrogens with zero attached hydrogens (tertiary/aromatic N) is 4. The fourth-order valence-electron chi connectivity index (χ4n) is 1.45. The topological polar surface area (TPSA) is 69.9 Å². The number of hydrogen-bond acceptors (Lipinski definition) is 5. The minimum Gasteiger partial charge on any atom is -0.465 e. The highest BCUT2D eigenvalue weighted by molar-refractivity contribution is 5.93. The summed E-state index contributed by atoms with van der Waals surface area (Å²) >= 11 is 0. The van der Waals surface area contributed by atoms with Gasteiger partial charge in [0.2, 0.25) is 0 Å². The summed E-state index contributed by atoms with van der Waals surface area (Å²) in [4.78, 5) is 15.7. The van der Waals surface area contributed by atoms with Crippen LogP contribution in [0.15, 0.2) is 24.7 Å². The molecule has 2 rings (SSSR count). The number of ether oxygens (including phenoxy) is 1. The molecule has 0 spiro atoms. The molecule has 0 aliphatic carbocycles. The Bertz CT molecular complexity index is 508. The minimum atomic E-state index is -0.420. The number of pyridine rings is 1. The minimum absolute atomic E-state index is 0.417. The summed E-state index contributed by atoms with van der Waals surface area (Å²) in [6.07, 6.45) is 4.74. The molecule has 82 valence electrons. The maximum atomic E-state index is 11.6. The highest BCUT2D eigenvalue weighted by Gasteiger charge is 2.16. The molecular formula is C10H10N4O2. The first-order chi connectivity index (χ1) is 7.74. The Morgan fingerprint density at radius 2 is 2.25 bits per heavy atom. The molecule has 6 heteroatoms. The van der Waals surface area contributed by atoms with Gasteiger partial charge in [-0.1, -0.05) is 5.21 Å². The lowest BCUT2D eigenvalue weighted by atomic mass is 10.2. The normalized spacial score (nSPS) is 10.1. The Morgan fingerprint density at radius 3 is 2.88 bits per heavy atom. The van der Waals surface area contributed by atoms with E-state index < -0.39 is 5.97 Å². The highest BCUT2D eigenvalue weighted by Crippen LogP contribution is 2.16. The third kappa shape index (κ3) is 1.65. The van der Waals surface area contributed by atoms with Crippen LogP contribution in [0.2, 0.25) is 0 Å². The van der Waals surface area contributed by atoms with Crippen LogP contribution in [0.3, 0.4) is 0 Å². The molecule has 0 amide bonds. The number of methoxy groups -OCH3 is 1. The molecule has 0 N–H and O–H groups in total. The molecule has 0 aliphatic heterocycles. The molecule has 16 heavy (non-hydrogen) atoms. The quantitative estimate of drug-likeness (QED) is 0.696. The van der Waals surface area contributed by atoms with E-state index in [1.807, 2.05) is 0 Å². The second kappa shape index (κ2) is 4.09. The molecule has 2 aromatic rings. The van der Waals surface area contributed by atoms with Crippen molar-refractivity contribution in [2.75, 3.05) is 7.11 Å². The van der Waals surface area contributed by atoms with Crippen molar-refractivity contribution in [1.29, 1.82) is 0 Å². The van der Waals surface area contributed by atoms with Crippen molar-refractivity contribution in [1.82, 2.24) is 20.0 Å². The summed E-state index contributed by atoms with van der Waals surface area (Å²) in [7, 11) is 1.34. The van der Waals surface area contributed by atoms with Crippen LogP contribution in [0, 0.1) is 6.92 Å². The Hall–Kier alpha value is -2.24. The van der Waals surface area contributed by atoms with Gasteiger partial charge >= 0.3 is 5.97 Å². The van der Waals surface area contributed by atoms with Crippen molar-refractivity contribution in [2.24, 2.45) is 0 Å². The number of carbonyl (C=O) groups is 1. The van der Waals surface area contributed by atoms with E-state index in [-0.39, 0.29) is 0 Å². The zero-order chi connectivity index (χ0) is 11.5. The van der Waals surface area contributed by atoms with Crippen LogP contribution in [0.5, 0.6) is 0 Å². The molecule has 6 nitrogen and oxygen atoms in total. The van der Waals surface area contributed by atoms with E-state index in [2.05, 4.69) is 15.3 Å². The number of aryl methyl sites for hydroxylation is 1. The van der Waals surface area contributed by atoms with Gasteiger partial charge in [-0.05, 0) is 13.0 Å². The van der Waals surface area contributed by atoms with Crippen molar-refractivity contribution < 1.29 is 9.53 Å². The van der Waals surface area contributed by atoms with Crippen molar-refractivity contribution in [3.63, 3.8) is 0 Å². The zero-order valence-corrected chi connectivity index (χ0v) is 8.91. The van der Waals surface area contributed by atoms with Crippen LogP contribution in [0.1, 0.15) is 16.1 Å². The van der Waals surface area contributed by atoms with Crippen LogP contribution in [0.4, 0.5) is 0 Å². The Balaban J connectivity index is 2.62. The highest BCUT2D eigenvalue weighted by atomic mass is 16.5. The predicted octanol–water partition coefficient (Wildman–Crippen LogP) is 0.757. The van der Waals surface area contributed by atoms with E-state index >= 15 is 0 Å². The smallest absolute Gasteiger partial charge is 0.340 e. The van der Waals surface area contributed by atoms with E-state index in [1.165, 1.54) is 18.0 Å². The number of rotatable bonds is 2. The zero-order valence-electron chi connectivity index (χ0n) is 8.91. The third-order valence-corrected chi connectivity index (χ3v) is 2.16. The Morgan fingerprint density at radius 1 is 1.44 bits per heavy atom. The molecule has 0 saturated heterocycles. The summed E-state index contributed by atoms with van der Waals surface area (Å²) in [6, 6.07) is 1.59. The van der Waals surface area contributed by atoms with E-state index in [0.29, 0.717) is 16.9 Å². The average Bonchev–Trinajstić information content (AvgIpc) is 2.81. The van der Waals surface area contributed by atoms with Gasteiger partial charge in [0.25, 0.3) is 0 Å². The van der Waals surface area contributed by atoms with E-state index in [0.717, 1.165) is 0 Å². The Kier molecular flexibility index (Phi) is 2.63. The van der Waals surface area contributed by atoms with E-state index in [1.54, 1.807) is 25.4 Å². The van der Waals surface area contributed by atoms with Gasteiger partial charge in [0.1, 0.15) is 5.69 Å². The van der Waals surface area contributed by atoms with Crippen LogP contribution in [-0.2, 0) is 4.74 Å². The van der Waals surface area contributed by atoms with Crippen LogP contribution in [0.25, 0.3) is 5.69 Å². The van der Waals surface area contributed by atoms with Crippen molar-refractivity contribution >= 4 is 5.97 Å². The first-order valence-electron chi connectivity index (χ1n) is 4.64. The van der Waals surface area contributed by atoms with E-state index in [9.17, 15) is 4.79 Å². The lowest BCUT2D eigenvalue weighted by Crippen LogP contribution is -2.11. The first-order valence-corrected chi connectivity index (χ1v) is 4.64. The predicted molar refractivity (Wildman–Crippen MR) is 55.2 cm³/mol. The monoisotopic (exact) mass is 218 g/mol. The first kappa shape index (κ1) is 10.3. The maximum absolute atomic E-state index is 11.6. The fourth-order valence-corrected chi connectivity index (χ4v) is 1.45. The molecule has 0 aromatic carbocycles. The van der Waals surface area contributed by atoms with Crippen molar-refractivity contribution in [2.45, 2.75) is 6.92 Å². The third-order valence-electron chi connectivity index (χ3n) is 2.16. The largest absolute Gasteiger partial charge is 0.465 e. The molecule has 0 atom stereocenters. The van der Waals surface area contributed by atoms with Gasteiger partial charge in [-0.2, -0.15) is 0 Å². The molecule has 0 fully saturated rings. The summed E-state index contributed by atoms with van der Waals surface area (Å²) in [6.45, 7) is 1.80. The van der Waals surface area contributed by atoms with Crippen molar-refractivity contribution in [3.05, 3.63) is 35.9 Å². The van der Waals surface area contributed by atoms with Crippen LogP contribution in [-0.4, -0.2) is 33.1 Å². The van der Waals surface area contributed by atoms with Gasteiger partial charge in [-0.25, -0.2) is 9.48 Å². The summed E-state index contributed by atoms with van der Waals surface area (Å²) in [5, 5.41) is 7.54. The molecule has 2 aromatic heterocycles. The number of carbonyl (C=O) groups excluding carboxylic acids is 1. The Labute approximate surface area is 91.9 Å². The SMILES string of the molecule is COC(=O)c1ccnc(C)c1-n1ccnn1. The second-order valence-electron chi connectivity index (χ2n) is 3.13. The number of hydrogen-bond donors (Lipinski definition) is 0. The number of esters is 1. The average molecular weight is 218 g/mol. The second-order valence-corrected chi connectivity index (χ2v) is 3.13. The molecule has 0 saturated carbocycles. The van der Waals surface area contributed by atoms with Crippen LogP contribution >= 0.6 is 0 Å². The molecule has 0 unspecified atom stereocenters. The van der Waals surface area contributed by atoms with Gasteiger partial charge in [0, 0.05) is 6.20 Å². The van der Waals surface area contributed by atoms with Gasteiger partial charge in [-0.3, -0.25) is 4.98 Å². The standard InChI is InChI=1S/C10H10N4O2/c1-7-9(14-6-5-12-13-14)8(3-4-11-7)10(15)16-2/h3-6H,1-2H3. The van der Waals surface area contributed by atoms with E-state index in [4.69, 9.17) is 4.74 Å².